The summed E-state index contributed by atoms with van der Waals surface area (Å²) in [5.74, 6) is -0.842. The van der Waals surface area contributed by atoms with Gasteiger partial charge in [0.05, 0.1) is 6.61 Å². The highest BCUT2D eigenvalue weighted by atomic mass is 16.4. The van der Waals surface area contributed by atoms with Gasteiger partial charge in [0.25, 0.3) is 0 Å². The maximum absolute atomic E-state index is 11.6. The van der Waals surface area contributed by atoms with E-state index in [0.29, 0.717) is 19.3 Å². The Hall–Kier alpha value is -1.39. The summed E-state index contributed by atoms with van der Waals surface area (Å²) < 4.78 is 0. The lowest BCUT2D eigenvalue weighted by atomic mass is 9.94. The SMILES string of the molecule is CCC(CO)NC1(C(=O)O)Cc2ccccc2C1. The first kappa shape index (κ1) is 13.1. The van der Waals surface area contributed by atoms with Gasteiger partial charge in [0.2, 0.25) is 0 Å². The predicted molar refractivity (Wildman–Crippen MR) is 68.5 cm³/mol. The van der Waals surface area contributed by atoms with Crippen LogP contribution in [0.2, 0.25) is 0 Å². The molecule has 1 aliphatic rings. The van der Waals surface area contributed by atoms with E-state index < -0.39 is 11.5 Å². The third-order valence-electron chi connectivity index (χ3n) is 3.71. The molecule has 1 aromatic carbocycles. The van der Waals surface area contributed by atoms with Gasteiger partial charge in [-0.05, 0) is 17.5 Å². The minimum atomic E-state index is -0.965. The van der Waals surface area contributed by atoms with Crippen LogP contribution < -0.4 is 5.32 Å². The average Bonchev–Trinajstić information content (AvgIpc) is 2.75. The number of aliphatic hydroxyl groups excluding tert-OH is 1. The molecule has 0 aromatic heterocycles. The zero-order valence-corrected chi connectivity index (χ0v) is 10.5. The fourth-order valence-corrected chi connectivity index (χ4v) is 2.60. The van der Waals surface area contributed by atoms with Crippen molar-refractivity contribution in [3.05, 3.63) is 35.4 Å². The van der Waals surface area contributed by atoms with Crippen LogP contribution >= 0.6 is 0 Å². The van der Waals surface area contributed by atoms with Crippen LogP contribution in [-0.4, -0.2) is 34.4 Å². The van der Waals surface area contributed by atoms with E-state index in [2.05, 4.69) is 5.32 Å². The molecular weight excluding hydrogens is 230 g/mol. The molecule has 0 fully saturated rings. The second kappa shape index (κ2) is 5.08. The number of aliphatic hydroxyl groups is 1. The molecule has 0 amide bonds. The molecule has 18 heavy (non-hydrogen) atoms. The Bertz CT molecular complexity index is 415. The summed E-state index contributed by atoms with van der Waals surface area (Å²) in [5.41, 5.74) is 1.20. The minimum Gasteiger partial charge on any atom is -0.480 e. The summed E-state index contributed by atoms with van der Waals surface area (Å²) >= 11 is 0. The summed E-state index contributed by atoms with van der Waals surface area (Å²) in [6, 6.07) is 7.64. The highest BCUT2D eigenvalue weighted by Gasteiger charge is 2.44. The lowest BCUT2D eigenvalue weighted by Crippen LogP contribution is -2.57. The lowest BCUT2D eigenvalue weighted by molar-refractivity contribution is -0.145. The van der Waals surface area contributed by atoms with Crippen LogP contribution in [-0.2, 0) is 17.6 Å². The first-order valence-corrected chi connectivity index (χ1v) is 6.30. The monoisotopic (exact) mass is 249 g/mol. The number of rotatable bonds is 5. The van der Waals surface area contributed by atoms with Gasteiger partial charge in [-0.2, -0.15) is 0 Å². The highest BCUT2D eigenvalue weighted by molar-refractivity contribution is 5.81. The topological polar surface area (TPSA) is 69.6 Å². The molecule has 0 bridgehead atoms. The Morgan fingerprint density at radius 3 is 2.33 bits per heavy atom. The van der Waals surface area contributed by atoms with E-state index in [0.717, 1.165) is 11.1 Å². The van der Waals surface area contributed by atoms with Crippen LogP contribution in [0.5, 0.6) is 0 Å². The maximum Gasteiger partial charge on any atom is 0.324 e. The zero-order valence-electron chi connectivity index (χ0n) is 10.5. The van der Waals surface area contributed by atoms with Crippen molar-refractivity contribution in [1.29, 1.82) is 0 Å². The molecule has 1 aliphatic carbocycles. The van der Waals surface area contributed by atoms with Gasteiger partial charge in [-0.25, -0.2) is 0 Å². The van der Waals surface area contributed by atoms with Crippen LogP contribution in [0.4, 0.5) is 0 Å². The summed E-state index contributed by atoms with van der Waals surface area (Å²) in [7, 11) is 0. The predicted octanol–water partition coefficient (Wildman–Crippen LogP) is 0.969. The number of aliphatic carboxylic acids is 1. The third kappa shape index (κ3) is 2.26. The molecule has 1 atom stereocenters. The molecule has 0 saturated carbocycles. The van der Waals surface area contributed by atoms with Crippen molar-refractivity contribution in [2.24, 2.45) is 0 Å². The normalized spacial score (nSPS) is 18.3. The molecule has 2 rings (SSSR count). The van der Waals surface area contributed by atoms with Gasteiger partial charge in [-0.3, -0.25) is 10.1 Å². The van der Waals surface area contributed by atoms with E-state index in [9.17, 15) is 15.0 Å². The van der Waals surface area contributed by atoms with E-state index in [1.165, 1.54) is 0 Å². The number of carbonyl (C=O) groups is 1. The summed E-state index contributed by atoms with van der Waals surface area (Å²) in [6.07, 6.45) is 1.67. The molecule has 4 nitrogen and oxygen atoms in total. The number of benzene rings is 1. The van der Waals surface area contributed by atoms with Gasteiger partial charge in [-0.15, -0.1) is 0 Å². The molecule has 3 N–H and O–H groups in total. The van der Waals surface area contributed by atoms with Crippen molar-refractivity contribution >= 4 is 5.97 Å². The van der Waals surface area contributed by atoms with Crippen LogP contribution in [0.15, 0.2) is 24.3 Å². The number of carboxylic acids is 1. The van der Waals surface area contributed by atoms with Gasteiger partial charge < -0.3 is 10.2 Å². The van der Waals surface area contributed by atoms with Crippen molar-refractivity contribution in [2.75, 3.05) is 6.61 Å². The van der Waals surface area contributed by atoms with Crippen LogP contribution in [0.1, 0.15) is 24.5 Å². The molecule has 98 valence electrons. The summed E-state index contributed by atoms with van der Waals surface area (Å²) in [4.78, 5) is 11.6. The van der Waals surface area contributed by atoms with Crippen LogP contribution in [0, 0.1) is 0 Å². The van der Waals surface area contributed by atoms with E-state index >= 15 is 0 Å². The van der Waals surface area contributed by atoms with Gasteiger partial charge in [0.1, 0.15) is 5.54 Å². The molecule has 0 aliphatic heterocycles. The smallest absolute Gasteiger partial charge is 0.324 e. The first-order chi connectivity index (χ1) is 8.61. The van der Waals surface area contributed by atoms with Crippen molar-refractivity contribution in [1.82, 2.24) is 5.32 Å². The number of fused-ring (bicyclic) bond motifs is 1. The van der Waals surface area contributed by atoms with E-state index in [1.54, 1.807) is 0 Å². The Balaban J connectivity index is 2.24. The molecule has 0 spiro atoms. The molecule has 1 unspecified atom stereocenters. The zero-order chi connectivity index (χ0) is 13.2. The molecule has 4 heteroatoms. The van der Waals surface area contributed by atoms with Gasteiger partial charge >= 0.3 is 5.97 Å². The van der Waals surface area contributed by atoms with E-state index in [4.69, 9.17) is 0 Å². The number of hydrogen-bond acceptors (Lipinski definition) is 3. The molecule has 0 saturated heterocycles. The number of nitrogens with one attached hydrogen (secondary N) is 1. The first-order valence-electron chi connectivity index (χ1n) is 6.30. The third-order valence-corrected chi connectivity index (χ3v) is 3.71. The Morgan fingerprint density at radius 2 is 1.94 bits per heavy atom. The number of hydrogen-bond donors (Lipinski definition) is 3. The highest BCUT2D eigenvalue weighted by Crippen LogP contribution is 2.30. The maximum atomic E-state index is 11.6. The lowest BCUT2D eigenvalue weighted by Gasteiger charge is -2.30. The van der Waals surface area contributed by atoms with Gasteiger partial charge in [0, 0.05) is 18.9 Å². The van der Waals surface area contributed by atoms with Gasteiger partial charge in [-0.1, -0.05) is 31.2 Å². The summed E-state index contributed by atoms with van der Waals surface area (Å²) in [5, 5.41) is 21.9. The van der Waals surface area contributed by atoms with Crippen molar-refractivity contribution in [3.8, 4) is 0 Å². The van der Waals surface area contributed by atoms with Crippen LogP contribution in [0.3, 0.4) is 0 Å². The summed E-state index contributed by atoms with van der Waals surface area (Å²) in [6.45, 7) is 1.90. The second-order valence-corrected chi connectivity index (χ2v) is 4.94. The minimum absolute atomic E-state index is 0.0398. The second-order valence-electron chi connectivity index (χ2n) is 4.94. The molecule has 1 aromatic rings. The van der Waals surface area contributed by atoms with Crippen LogP contribution in [0.25, 0.3) is 0 Å². The largest absolute Gasteiger partial charge is 0.480 e. The number of carboxylic acid groups (broad SMARTS) is 1. The van der Waals surface area contributed by atoms with Gasteiger partial charge in [0.15, 0.2) is 0 Å². The Kier molecular flexibility index (Phi) is 3.68. The molecule has 0 radical (unpaired) electrons. The molecule has 0 heterocycles. The van der Waals surface area contributed by atoms with E-state index in [1.807, 2.05) is 31.2 Å². The average molecular weight is 249 g/mol. The van der Waals surface area contributed by atoms with E-state index in [-0.39, 0.29) is 12.6 Å². The quantitative estimate of drug-likeness (QED) is 0.727. The standard InChI is InChI=1S/C14H19NO3/c1-2-12(9-16)15-14(13(17)18)7-10-5-3-4-6-11(10)8-14/h3-6,12,15-16H,2,7-9H2,1H3,(H,17,18). The van der Waals surface area contributed by atoms with Crippen molar-refractivity contribution < 1.29 is 15.0 Å². The Labute approximate surface area is 107 Å². The fraction of sp³-hybridized carbons (Fsp3) is 0.500. The fourth-order valence-electron chi connectivity index (χ4n) is 2.60. The van der Waals surface area contributed by atoms with Crippen molar-refractivity contribution in [2.45, 2.75) is 37.8 Å². The molecular formula is C14H19NO3. The van der Waals surface area contributed by atoms with Crippen molar-refractivity contribution in [3.63, 3.8) is 0 Å². The Morgan fingerprint density at radius 1 is 1.39 bits per heavy atom.